The number of thiocarbonyl (C=S) groups is 1. The number of rotatable bonds is 5. The number of aryl methyl sites for hydroxylation is 1. The van der Waals surface area contributed by atoms with Crippen molar-refractivity contribution in [1.82, 2.24) is 4.90 Å². The summed E-state index contributed by atoms with van der Waals surface area (Å²) in [6, 6.07) is 16.9. The monoisotopic (exact) mass is 327 g/mol. The van der Waals surface area contributed by atoms with E-state index < -0.39 is 0 Å². The molecule has 2 aromatic rings. The maximum absolute atomic E-state index is 5.57. The predicted molar refractivity (Wildman–Crippen MR) is 104 cm³/mol. The summed E-state index contributed by atoms with van der Waals surface area (Å²) in [4.78, 5) is 4.27. The Morgan fingerprint density at radius 1 is 1.09 bits per heavy atom. The van der Waals surface area contributed by atoms with Gasteiger partial charge in [0.1, 0.15) is 0 Å². The molecule has 0 aliphatic rings. The first kappa shape index (κ1) is 17.3. The van der Waals surface area contributed by atoms with Crippen molar-refractivity contribution in [1.29, 1.82) is 0 Å². The molecule has 1 N–H and O–H groups in total. The van der Waals surface area contributed by atoms with Gasteiger partial charge in [-0.05, 0) is 61.5 Å². The lowest BCUT2D eigenvalue weighted by Gasteiger charge is -2.25. The molecule has 122 valence electrons. The molecule has 2 rings (SSSR count). The average Bonchev–Trinajstić information content (AvgIpc) is 2.53. The van der Waals surface area contributed by atoms with Crippen molar-refractivity contribution in [2.45, 2.75) is 20.4 Å². The van der Waals surface area contributed by atoms with Gasteiger partial charge in [-0.15, -0.1) is 0 Å². The number of hydrogen-bond acceptors (Lipinski definition) is 2. The summed E-state index contributed by atoms with van der Waals surface area (Å²) in [5.74, 6) is 0. The number of benzene rings is 2. The highest BCUT2D eigenvalue weighted by atomic mass is 32.1. The standard InChI is InChI=1S/C19H25N3S/c1-5-22(14-16-9-11-18(12-10-16)21(3)4)19(23)20-17-8-6-7-15(2)13-17/h6-13H,5,14H2,1-4H3,(H,20,23). The molecular weight excluding hydrogens is 302 g/mol. The van der Waals surface area contributed by atoms with Crippen LogP contribution in [-0.4, -0.2) is 30.7 Å². The van der Waals surface area contributed by atoms with Gasteiger partial charge in [-0.25, -0.2) is 0 Å². The van der Waals surface area contributed by atoms with Crippen molar-refractivity contribution in [3.8, 4) is 0 Å². The van der Waals surface area contributed by atoms with E-state index in [4.69, 9.17) is 12.2 Å². The molecule has 0 saturated heterocycles. The smallest absolute Gasteiger partial charge is 0.173 e. The minimum absolute atomic E-state index is 0.759. The van der Waals surface area contributed by atoms with E-state index in [-0.39, 0.29) is 0 Å². The van der Waals surface area contributed by atoms with Gasteiger partial charge in [-0.3, -0.25) is 0 Å². The van der Waals surface area contributed by atoms with E-state index in [0.717, 1.165) is 23.9 Å². The molecule has 0 unspecified atom stereocenters. The quantitative estimate of drug-likeness (QED) is 0.826. The Balaban J connectivity index is 2.02. The zero-order valence-corrected chi connectivity index (χ0v) is 15.2. The zero-order chi connectivity index (χ0) is 16.8. The minimum atomic E-state index is 0.759. The zero-order valence-electron chi connectivity index (χ0n) is 14.3. The molecule has 3 nitrogen and oxygen atoms in total. The number of anilines is 2. The molecule has 0 aliphatic heterocycles. The van der Waals surface area contributed by atoms with Crippen LogP contribution in [0.3, 0.4) is 0 Å². The van der Waals surface area contributed by atoms with Crippen LogP contribution in [0.5, 0.6) is 0 Å². The van der Waals surface area contributed by atoms with Gasteiger partial charge in [-0.1, -0.05) is 24.3 Å². The second kappa shape index (κ2) is 7.97. The summed E-state index contributed by atoms with van der Waals surface area (Å²) in [5, 5.41) is 4.09. The molecule has 0 amide bonds. The van der Waals surface area contributed by atoms with E-state index in [2.05, 4.69) is 65.4 Å². The molecule has 0 saturated carbocycles. The van der Waals surface area contributed by atoms with Gasteiger partial charge in [0.25, 0.3) is 0 Å². The average molecular weight is 327 g/mol. The van der Waals surface area contributed by atoms with Gasteiger partial charge >= 0.3 is 0 Å². The summed E-state index contributed by atoms with van der Waals surface area (Å²) < 4.78 is 0. The third-order valence-corrected chi connectivity index (χ3v) is 4.12. The van der Waals surface area contributed by atoms with Gasteiger partial charge in [0.2, 0.25) is 0 Å². The highest BCUT2D eigenvalue weighted by molar-refractivity contribution is 7.80. The molecule has 0 fully saturated rings. The third kappa shape index (κ3) is 4.96. The SMILES string of the molecule is CCN(Cc1ccc(N(C)C)cc1)C(=S)Nc1cccc(C)c1. The predicted octanol–water partition coefficient (Wildman–Crippen LogP) is 4.28. The molecule has 0 atom stereocenters. The summed E-state index contributed by atoms with van der Waals surface area (Å²) in [7, 11) is 4.10. The maximum atomic E-state index is 5.57. The van der Waals surface area contributed by atoms with Crippen molar-refractivity contribution >= 4 is 28.7 Å². The molecule has 0 heterocycles. The first-order valence-electron chi connectivity index (χ1n) is 7.88. The van der Waals surface area contributed by atoms with Gasteiger partial charge in [0.15, 0.2) is 5.11 Å². The number of hydrogen-bond donors (Lipinski definition) is 1. The Morgan fingerprint density at radius 3 is 2.35 bits per heavy atom. The lowest BCUT2D eigenvalue weighted by atomic mass is 10.2. The van der Waals surface area contributed by atoms with Crippen molar-refractivity contribution in [2.24, 2.45) is 0 Å². The Labute approximate surface area is 144 Å². The Hall–Kier alpha value is -2.07. The van der Waals surface area contributed by atoms with E-state index in [9.17, 15) is 0 Å². The lowest BCUT2D eigenvalue weighted by Crippen LogP contribution is -2.34. The molecule has 0 aromatic heterocycles. The largest absolute Gasteiger partial charge is 0.378 e. The lowest BCUT2D eigenvalue weighted by molar-refractivity contribution is 0.442. The highest BCUT2D eigenvalue weighted by Gasteiger charge is 2.09. The molecule has 0 bridgehead atoms. The van der Waals surface area contributed by atoms with E-state index in [1.54, 1.807) is 0 Å². The minimum Gasteiger partial charge on any atom is -0.378 e. The molecular formula is C19H25N3S. The second-order valence-electron chi connectivity index (χ2n) is 5.87. The fourth-order valence-electron chi connectivity index (χ4n) is 2.37. The number of nitrogens with zero attached hydrogens (tertiary/aromatic N) is 2. The number of nitrogens with one attached hydrogen (secondary N) is 1. The highest BCUT2D eigenvalue weighted by Crippen LogP contribution is 2.15. The second-order valence-corrected chi connectivity index (χ2v) is 6.26. The van der Waals surface area contributed by atoms with Crippen molar-refractivity contribution in [3.05, 3.63) is 59.7 Å². The van der Waals surface area contributed by atoms with Crippen molar-refractivity contribution < 1.29 is 0 Å². The molecule has 2 aromatic carbocycles. The van der Waals surface area contributed by atoms with E-state index in [0.29, 0.717) is 0 Å². The van der Waals surface area contributed by atoms with E-state index >= 15 is 0 Å². The fraction of sp³-hybridized carbons (Fsp3) is 0.316. The van der Waals surface area contributed by atoms with Gasteiger partial charge in [0.05, 0.1) is 0 Å². The molecule has 0 aliphatic carbocycles. The van der Waals surface area contributed by atoms with Gasteiger partial charge in [-0.2, -0.15) is 0 Å². The van der Waals surface area contributed by atoms with Crippen LogP contribution in [-0.2, 0) is 6.54 Å². The Bertz CT molecular complexity index is 650. The van der Waals surface area contributed by atoms with Gasteiger partial charge < -0.3 is 15.1 Å². The Kier molecular flexibility index (Phi) is 5.99. The fourth-order valence-corrected chi connectivity index (χ4v) is 2.68. The summed E-state index contributed by atoms with van der Waals surface area (Å²) >= 11 is 5.57. The Morgan fingerprint density at radius 2 is 1.78 bits per heavy atom. The molecule has 4 heteroatoms. The molecule has 0 spiro atoms. The van der Waals surface area contributed by atoms with Crippen LogP contribution in [0.4, 0.5) is 11.4 Å². The van der Waals surface area contributed by atoms with E-state index in [1.165, 1.54) is 16.8 Å². The molecule has 0 radical (unpaired) electrons. The van der Waals surface area contributed by atoms with Crippen LogP contribution in [0.15, 0.2) is 48.5 Å². The van der Waals surface area contributed by atoms with Crippen LogP contribution < -0.4 is 10.2 Å². The van der Waals surface area contributed by atoms with Crippen LogP contribution in [0.1, 0.15) is 18.1 Å². The first-order valence-corrected chi connectivity index (χ1v) is 8.29. The first-order chi connectivity index (χ1) is 11.0. The van der Waals surface area contributed by atoms with Crippen molar-refractivity contribution in [3.63, 3.8) is 0 Å². The van der Waals surface area contributed by atoms with Gasteiger partial charge in [0, 0.05) is 38.6 Å². The third-order valence-electron chi connectivity index (χ3n) is 3.76. The summed E-state index contributed by atoms with van der Waals surface area (Å²) in [6.45, 7) is 5.88. The van der Waals surface area contributed by atoms with Crippen LogP contribution in [0, 0.1) is 6.92 Å². The normalized spacial score (nSPS) is 10.3. The summed E-state index contributed by atoms with van der Waals surface area (Å²) in [5.41, 5.74) is 4.72. The topological polar surface area (TPSA) is 18.5 Å². The van der Waals surface area contributed by atoms with Crippen LogP contribution >= 0.6 is 12.2 Å². The van der Waals surface area contributed by atoms with E-state index in [1.807, 2.05) is 26.2 Å². The van der Waals surface area contributed by atoms with Crippen LogP contribution in [0.2, 0.25) is 0 Å². The maximum Gasteiger partial charge on any atom is 0.173 e. The van der Waals surface area contributed by atoms with Crippen molar-refractivity contribution in [2.75, 3.05) is 30.9 Å². The summed E-state index contributed by atoms with van der Waals surface area (Å²) in [6.07, 6.45) is 0. The van der Waals surface area contributed by atoms with Crippen LogP contribution in [0.25, 0.3) is 0 Å². The molecule has 23 heavy (non-hydrogen) atoms.